The molecule has 0 amide bonds. The summed E-state index contributed by atoms with van der Waals surface area (Å²) in [4.78, 5) is 14.8. The van der Waals surface area contributed by atoms with Gasteiger partial charge in [0, 0.05) is 26.9 Å². The van der Waals surface area contributed by atoms with Crippen LogP contribution in [0.25, 0.3) is 61.7 Å². The summed E-state index contributed by atoms with van der Waals surface area (Å²) in [6.45, 7) is 0. The van der Waals surface area contributed by atoms with E-state index in [0.717, 1.165) is 49.1 Å². The van der Waals surface area contributed by atoms with Crippen molar-refractivity contribution in [3.05, 3.63) is 132 Å². The lowest BCUT2D eigenvalue weighted by Gasteiger charge is -2.11. The van der Waals surface area contributed by atoms with E-state index in [1.165, 1.54) is 0 Å². The van der Waals surface area contributed by atoms with E-state index in [-0.39, 0.29) is 0 Å². The molecule has 2 heterocycles. The molecule has 38 heavy (non-hydrogen) atoms. The first-order valence-electron chi connectivity index (χ1n) is 12.4. The first kappa shape index (κ1) is 22.4. The standard InChI is InChI=1S/C33H21ClN4/c34-26-18-15-22(16-19-26)25-17-20-30-28(21-25)27-13-7-8-14-29(27)38(30)33-36-31(23-9-3-1-4-10-23)35-32(37-33)24-11-5-2-6-12-24/h1-21H. The Morgan fingerprint density at radius 1 is 0.447 bits per heavy atom. The van der Waals surface area contributed by atoms with Crippen molar-refractivity contribution in [3.8, 4) is 39.9 Å². The number of fused-ring (bicyclic) bond motifs is 3. The summed E-state index contributed by atoms with van der Waals surface area (Å²) < 4.78 is 2.14. The summed E-state index contributed by atoms with van der Waals surface area (Å²) in [6, 6.07) is 42.9. The first-order valence-corrected chi connectivity index (χ1v) is 12.8. The van der Waals surface area contributed by atoms with Gasteiger partial charge in [0.15, 0.2) is 11.6 Å². The van der Waals surface area contributed by atoms with Crippen LogP contribution < -0.4 is 0 Å². The van der Waals surface area contributed by atoms with Crippen molar-refractivity contribution >= 4 is 33.4 Å². The first-order chi connectivity index (χ1) is 18.7. The summed E-state index contributed by atoms with van der Waals surface area (Å²) in [7, 11) is 0. The van der Waals surface area contributed by atoms with E-state index in [0.29, 0.717) is 17.6 Å². The van der Waals surface area contributed by atoms with Crippen LogP contribution in [-0.4, -0.2) is 19.5 Å². The Morgan fingerprint density at radius 3 is 1.66 bits per heavy atom. The normalized spacial score (nSPS) is 11.3. The molecular formula is C33H21ClN4. The zero-order valence-electron chi connectivity index (χ0n) is 20.3. The van der Waals surface area contributed by atoms with Gasteiger partial charge in [-0.3, -0.25) is 4.57 Å². The van der Waals surface area contributed by atoms with Crippen LogP contribution in [0, 0.1) is 0 Å². The maximum atomic E-state index is 6.14. The van der Waals surface area contributed by atoms with E-state index < -0.39 is 0 Å². The number of hydrogen-bond donors (Lipinski definition) is 0. The molecule has 0 fully saturated rings. The topological polar surface area (TPSA) is 43.6 Å². The van der Waals surface area contributed by atoms with Crippen molar-refractivity contribution in [1.29, 1.82) is 0 Å². The summed E-state index contributed by atoms with van der Waals surface area (Å²) in [5.41, 5.74) is 6.21. The largest absolute Gasteiger partial charge is 0.278 e. The van der Waals surface area contributed by atoms with Crippen LogP contribution in [0.2, 0.25) is 5.02 Å². The molecule has 2 aromatic heterocycles. The molecule has 0 aliphatic carbocycles. The third-order valence-corrected chi connectivity index (χ3v) is 6.99. The highest BCUT2D eigenvalue weighted by Crippen LogP contribution is 2.35. The number of hydrogen-bond acceptors (Lipinski definition) is 3. The number of benzene rings is 5. The lowest BCUT2D eigenvalue weighted by Crippen LogP contribution is -2.06. The molecule has 5 heteroatoms. The smallest absolute Gasteiger partial charge is 0.238 e. The fourth-order valence-electron chi connectivity index (χ4n) is 4.91. The fourth-order valence-corrected chi connectivity index (χ4v) is 5.03. The number of aromatic nitrogens is 4. The van der Waals surface area contributed by atoms with Crippen molar-refractivity contribution in [2.24, 2.45) is 0 Å². The minimum Gasteiger partial charge on any atom is -0.278 e. The molecule has 0 aliphatic rings. The second-order valence-electron chi connectivity index (χ2n) is 9.11. The van der Waals surface area contributed by atoms with Gasteiger partial charge in [0.1, 0.15) is 0 Å². The lowest BCUT2D eigenvalue weighted by atomic mass is 10.0. The van der Waals surface area contributed by atoms with Crippen LogP contribution in [0.3, 0.4) is 0 Å². The van der Waals surface area contributed by atoms with E-state index in [4.69, 9.17) is 26.6 Å². The SMILES string of the molecule is Clc1ccc(-c2ccc3c(c2)c2ccccc2n3-c2nc(-c3ccccc3)nc(-c3ccccc3)n2)cc1. The summed E-state index contributed by atoms with van der Waals surface area (Å²) in [6.07, 6.45) is 0. The number of rotatable bonds is 4. The molecule has 5 aromatic carbocycles. The third kappa shape index (κ3) is 3.92. The van der Waals surface area contributed by atoms with Crippen LogP contribution in [0.15, 0.2) is 127 Å². The fraction of sp³-hybridized carbons (Fsp3) is 0. The third-order valence-electron chi connectivity index (χ3n) is 6.74. The van der Waals surface area contributed by atoms with Gasteiger partial charge in [-0.2, -0.15) is 9.97 Å². The van der Waals surface area contributed by atoms with Gasteiger partial charge in [0.25, 0.3) is 0 Å². The van der Waals surface area contributed by atoms with Gasteiger partial charge in [0.05, 0.1) is 11.0 Å². The van der Waals surface area contributed by atoms with E-state index >= 15 is 0 Å². The summed E-state index contributed by atoms with van der Waals surface area (Å²) in [5.74, 6) is 1.86. The molecule has 4 nitrogen and oxygen atoms in total. The predicted molar refractivity (Wildman–Crippen MR) is 155 cm³/mol. The zero-order chi connectivity index (χ0) is 25.5. The zero-order valence-corrected chi connectivity index (χ0v) is 21.0. The lowest BCUT2D eigenvalue weighted by molar-refractivity contribution is 0.953. The highest BCUT2D eigenvalue weighted by molar-refractivity contribution is 6.30. The van der Waals surface area contributed by atoms with Gasteiger partial charge in [-0.05, 0) is 41.5 Å². The predicted octanol–water partition coefficient (Wildman–Crippen LogP) is 8.62. The van der Waals surface area contributed by atoms with Crippen LogP contribution in [-0.2, 0) is 0 Å². The van der Waals surface area contributed by atoms with Gasteiger partial charge in [-0.25, -0.2) is 4.98 Å². The molecule has 0 aliphatic heterocycles. The van der Waals surface area contributed by atoms with Crippen molar-refractivity contribution in [1.82, 2.24) is 19.5 Å². The van der Waals surface area contributed by atoms with Crippen LogP contribution in [0.1, 0.15) is 0 Å². The second kappa shape index (κ2) is 9.25. The van der Waals surface area contributed by atoms with Crippen LogP contribution >= 0.6 is 11.6 Å². The molecule has 0 radical (unpaired) electrons. The van der Waals surface area contributed by atoms with Gasteiger partial charge >= 0.3 is 0 Å². The highest BCUT2D eigenvalue weighted by Gasteiger charge is 2.18. The van der Waals surface area contributed by atoms with Crippen LogP contribution in [0.4, 0.5) is 0 Å². The molecule has 0 unspecified atom stereocenters. The van der Waals surface area contributed by atoms with Gasteiger partial charge in [0.2, 0.25) is 5.95 Å². The van der Waals surface area contributed by atoms with Gasteiger partial charge in [-0.15, -0.1) is 0 Å². The van der Waals surface area contributed by atoms with E-state index in [1.807, 2.05) is 84.9 Å². The number of halogens is 1. The molecule has 0 saturated heterocycles. The van der Waals surface area contributed by atoms with Crippen molar-refractivity contribution in [2.45, 2.75) is 0 Å². The average molecular weight is 509 g/mol. The maximum Gasteiger partial charge on any atom is 0.238 e. The average Bonchev–Trinajstić information content (AvgIpc) is 3.32. The van der Waals surface area contributed by atoms with E-state index in [2.05, 4.69) is 47.0 Å². The Bertz CT molecular complexity index is 1850. The Hall–Kier alpha value is -4.80. The molecule has 0 spiro atoms. The van der Waals surface area contributed by atoms with E-state index in [9.17, 15) is 0 Å². The highest BCUT2D eigenvalue weighted by atomic mass is 35.5. The van der Waals surface area contributed by atoms with Gasteiger partial charge in [-0.1, -0.05) is 109 Å². The number of para-hydroxylation sites is 1. The quantitative estimate of drug-likeness (QED) is 0.239. The molecular weight excluding hydrogens is 488 g/mol. The summed E-state index contributed by atoms with van der Waals surface area (Å²) >= 11 is 6.14. The Kier molecular flexibility index (Phi) is 5.46. The molecule has 180 valence electrons. The second-order valence-corrected chi connectivity index (χ2v) is 9.54. The monoisotopic (exact) mass is 508 g/mol. The van der Waals surface area contributed by atoms with Gasteiger partial charge < -0.3 is 0 Å². The molecule has 0 saturated carbocycles. The Labute approximate surface area is 224 Å². The van der Waals surface area contributed by atoms with Crippen molar-refractivity contribution in [3.63, 3.8) is 0 Å². The van der Waals surface area contributed by atoms with E-state index in [1.54, 1.807) is 0 Å². The van der Waals surface area contributed by atoms with Crippen molar-refractivity contribution < 1.29 is 0 Å². The number of nitrogens with zero attached hydrogens (tertiary/aromatic N) is 4. The minimum atomic E-state index is 0.586. The summed E-state index contributed by atoms with van der Waals surface area (Å²) in [5, 5.41) is 3.00. The molecule has 0 bridgehead atoms. The molecule has 7 aromatic rings. The molecule has 7 rings (SSSR count). The minimum absolute atomic E-state index is 0.586. The molecule has 0 N–H and O–H groups in total. The van der Waals surface area contributed by atoms with Crippen molar-refractivity contribution in [2.75, 3.05) is 0 Å². The van der Waals surface area contributed by atoms with Crippen LogP contribution in [0.5, 0.6) is 0 Å². The maximum absolute atomic E-state index is 6.14. The Morgan fingerprint density at radius 2 is 1.00 bits per heavy atom. The Balaban J connectivity index is 1.50. The molecule has 0 atom stereocenters.